The number of aryl methyl sites for hydroxylation is 1. The summed E-state index contributed by atoms with van der Waals surface area (Å²) in [5.74, 6) is 1.09. The minimum atomic E-state index is -0.289. The van der Waals surface area contributed by atoms with E-state index in [2.05, 4.69) is 4.90 Å². The minimum absolute atomic E-state index is 0.00286. The van der Waals surface area contributed by atoms with Gasteiger partial charge in [0, 0.05) is 81.2 Å². The summed E-state index contributed by atoms with van der Waals surface area (Å²) < 4.78 is 19.9. The number of methoxy groups -OCH3 is 2. The van der Waals surface area contributed by atoms with Gasteiger partial charge in [-0.05, 0) is 87.4 Å². The summed E-state index contributed by atoms with van der Waals surface area (Å²) in [6.45, 7) is 8.05. The summed E-state index contributed by atoms with van der Waals surface area (Å²) in [7, 11) is 5.14. The molecule has 52 heavy (non-hydrogen) atoms. The maximum atomic E-state index is 13.4. The lowest BCUT2D eigenvalue weighted by molar-refractivity contribution is -0.128. The molecule has 0 atom stereocenters. The van der Waals surface area contributed by atoms with E-state index in [4.69, 9.17) is 25.8 Å². The van der Waals surface area contributed by atoms with Gasteiger partial charge < -0.3 is 33.5 Å². The number of ether oxygens (including phenoxy) is 3. The number of anilines is 1. The third-order valence-corrected chi connectivity index (χ3v) is 11.2. The lowest BCUT2D eigenvalue weighted by atomic mass is 9.96. The maximum Gasteiger partial charge on any atom is 0.253 e. The van der Waals surface area contributed by atoms with Crippen LogP contribution in [0.1, 0.15) is 65.6 Å². The molecular formula is C40H49ClN4O7. The van der Waals surface area contributed by atoms with Crippen molar-refractivity contribution >= 4 is 34.9 Å². The van der Waals surface area contributed by atoms with Crippen LogP contribution in [0.25, 0.3) is 11.1 Å². The first-order chi connectivity index (χ1) is 25.0. The number of piperidine rings is 3. The van der Waals surface area contributed by atoms with Crippen LogP contribution in [0.4, 0.5) is 5.69 Å². The zero-order chi connectivity index (χ0) is 37.1. The molecule has 3 fully saturated rings. The van der Waals surface area contributed by atoms with Crippen LogP contribution in [0.15, 0.2) is 41.3 Å². The highest BCUT2D eigenvalue weighted by atomic mass is 35.5. The molecule has 0 aliphatic carbocycles. The summed E-state index contributed by atoms with van der Waals surface area (Å²) >= 11 is 6.41. The lowest BCUT2D eigenvalue weighted by Crippen LogP contribution is -2.44. The van der Waals surface area contributed by atoms with E-state index in [1.165, 1.54) is 4.90 Å². The Hall–Kier alpha value is -4.19. The highest BCUT2D eigenvalue weighted by Crippen LogP contribution is 2.37. The van der Waals surface area contributed by atoms with Crippen molar-refractivity contribution in [1.82, 2.24) is 14.4 Å². The number of Topliss-reactive ketones (excluding diaryl/α,β-unsaturated/α-hetero) is 1. The van der Waals surface area contributed by atoms with Crippen molar-refractivity contribution in [1.29, 1.82) is 0 Å². The SMILES string of the molecule is COc1cc(-c2cn(C)c(=O)c(C)c2C)cc(OC)c1CCN1CCC(OC2CCN(C(=O)c3ccc(Cl)c(N4CCC(=O)CC4=O)c3)CC2)CC1. The second-order valence-electron chi connectivity index (χ2n) is 14.2. The average molecular weight is 733 g/mol. The van der Waals surface area contributed by atoms with Gasteiger partial charge in [-0.25, -0.2) is 0 Å². The topological polar surface area (TPSA) is 111 Å². The number of pyridine rings is 1. The fourth-order valence-corrected chi connectivity index (χ4v) is 7.88. The molecule has 4 heterocycles. The van der Waals surface area contributed by atoms with Crippen LogP contribution in [-0.4, -0.2) is 97.7 Å². The van der Waals surface area contributed by atoms with Gasteiger partial charge in [-0.3, -0.25) is 19.2 Å². The van der Waals surface area contributed by atoms with Crippen molar-refractivity contribution in [3.8, 4) is 22.6 Å². The van der Waals surface area contributed by atoms with Crippen molar-refractivity contribution in [3.05, 3.63) is 74.2 Å². The van der Waals surface area contributed by atoms with E-state index in [1.807, 2.05) is 37.1 Å². The van der Waals surface area contributed by atoms with Gasteiger partial charge >= 0.3 is 0 Å². The number of hydrogen-bond acceptors (Lipinski definition) is 8. The van der Waals surface area contributed by atoms with E-state index in [0.29, 0.717) is 29.4 Å². The van der Waals surface area contributed by atoms with Gasteiger partial charge in [0.2, 0.25) is 5.91 Å². The molecule has 3 aliphatic heterocycles. The zero-order valence-electron chi connectivity index (χ0n) is 30.8. The third-order valence-electron chi connectivity index (χ3n) is 10.9. The number of carbonyl (C=O) groups is 3. The number of ketones is 1. The minimum Gasteiger partial charge on any atom is -0.496 e. The number of halogens is 1. The molecule has 6 rings (SSSR count). The summed E-state index contributed by atoms with van der Waals surface area (Å²) in [5.41, 5.74) is 5.60. The first-order valence-corrected chi connectivity index (χ1v) is 18.6. The summed E-state index contributed by atoms with van der Waals surface area (Å²) in [4.78, 5) is 55.9. The molecule has 3 aliphatic rings. The molecule has 12 heteroatoms. The molecule has 3 saturated heterocycles. The Balaban J connectivity index is 0.989. The third kappa shape index (κ3) is 8.06. The average Bonchev–Trinajstić information content (AvgIpc) is 3.15. The van der Waals surface area contributed by atoms with Crippen molar-refractivity contribution in [2.45, 2.75) is 71.0 Å². The van der Waals surface area contributed by atoms with Gasteiger partial charge in [0.15, 0.2) is 0 Å². The number of amides is 2. The van der Waals surface area contributed by atoms with Crippen LogP contribution < -0.4 is 19.9 Å². The maximum absolute atomic E-state index is 13.4. The molecule has 0 spiro atoms. The van der Waals surface area contributed by atoms with E-state index >= 15 is 0 Å². The number of benzene rings is 2. The molecule has 2 aromatic carbocycles. The number of aromatic nitrogens is 1. The van der Waals surface area contributed by atoms with E-state index in [1.54, 1.807) is 44.0 Å². The monoisotopic (exact) mass is 732 g/mol. The van der Waals surface area contributed by atoms with Crippen LogP contribution >= 0.6 is 11.6 Å². The van der Waals surface area contributed by atoms with Gasteiger partial charge in [0.1, 0.15) is 17.3 Å². The van der Waals surface area contributed by atoms with Gasteiger partial charge in [0.05, 0.1) is 43.6 Å². The van der Waals surface area contributed by atoms with Gasteiger partial charge in [-0.1, -0.05) is 11.6 Å². The van der Waals surface area contributed by atoms with Crippen molar-refractivity contribution in [2.75, 3.05) is 58.4 Å². The standard InChI is InChI=1S/C40H49ClN4O7/c1-25-26(2)39(48)42(3)24-33(25)28-21-36(50-4)32(37(22-28)51-5)13-16-43-14-9-30(10-15-43)52-31-11-17-44(18-12-31)40(49)27-6-7-34(41)35(20-27)45-19-8-29(46)23-38(45)47/h6-7,20-22,24,30-31H,8-19,23H2,1-5H3. The molecule has 2 amide bonds. The van der Waals surface area contributed by atoms with Gasteiger partial charge in [0.25, 0.3) is 11.5 Å². The smallest absolute Gasteiger partial charge is 0.253 e. The summed E-state index contributed by atoms with van der Waals surface area (Å²) in [6.07, 6.45) is 6.53. The zero-order valence-corrected chi connectivity index (χ0v) is 31.6. The lowest BCUT2D eigenvalue weighted by Gasteiger charge is -2.37. The highest BCUT2D eigenvalue weighted by molar-refractivity contribution is 6.34. The fraction of sp³-hybridized carbons (Fsp3) is 0.500. The molecule has 0 bridgehead atoms. The van der Waals surface area contributed by atoms with Crippen LogP contribution in [0.3, 0.4) is 0 Å². The molecule has 0 unspecified atom stereocenters. The number of hydrogen-bond donors (Lipinski definition) is 0. The predicted molar refractivity (Wildman–Crippen MR) is 201 cm³/mol. The summed E-state index contributed by atoms with van der Waals surface area (Å²) in [5, 5.41) is 0.384. The molecule has 3 aromatic rings. The normalized spacial score (nSPS) is 17.9. The molecule has 0 N–H and O–H groups in total. The highest BCUT2D eigenvalue weighted by Gasteiger charge is 2.30. The fourth-order valence-electron chi connectivity index (χ4n) is 7.66. The quantitative estimate of drug-likeness (QED) is 0.256. The molecule has 278 valence electrons. The van der Waals surface area contributed by atoms with Crippen LogP contribution in [0.5, 0.6) is 11.5 Å². The molecule has 1 aromatic heterocycles. The van der Waals surface area contributed by atoms with E-state index < -0.39 is 0 Å². The Morgan fingerprint density at radius 2 is 1.50 bits per heavy atom. The number of rotatable bonds is 10. The Morgan fingerprint density at radius 3 is 2.12 bits per heavy atom. The van der Waals surface area contributed by atoms with Crippen molar-refractivity contribution in [2.24, 2.45) is 7.05 Å². The summed E-state index contributed by atoms with van der Waals surface area (Å²) in [6, 6.07) is 9.10. The van der Waals surface area contributed by atoms with E-state index in [-0.39, 0.29) is 54.8 Å². The van der Waals surface area contributed by atoms with E-state index in [9.17, 15) is 19.2 Å². The first-order valence-electron chi connectivity index (χ1n) is 18.2. The number of nitrogens with zero attached hydrogens (tertiary/aromatic N) is 4. The Bertz CT molecular complexity index is 1870. The molecular weight excluding hydrogens is 684 g/mol. The number of likely N-dealkylation sites (tertiary alicyclic amines) is 2. The molecule has 0 radical (unpaired) electrons. The van der Waals surface area contributed by atoms with Gasteiger partial charge in [-0.2, -0.15) is 0 Å². The first kappa shape index (κ1) is 37.6. The van der Waals surface area contributed by atoms with Gasteiger partial charge in [-0.15, -0.1) is 0 Å². The van der Waals surface area contributed by atoms with Crippen LogP contribution in [-0.2, 0) is 27.8 Å². The molecule has 0 saturated carbocycles. The number of carbonyl (C=O) groups excluding carboxylic acids is 3. The molecule has 11 nitrogen and oxygen atoms in total. The Morgan fingerprint density at radius 1 is 0.865 bits per heavy atom. The Labute approximate surface area is 310 Å². The Kier molecular flexibility index (Phi) is 11.7. The second kappa shape index (κ2) is 16.2. The van der Waals surface area contributed by atoms with Crippen molar-refractivity contribution < 1.29 is 28.6 Å². The predicted octanol–water partition coefficient (Wildman–Crippen LogP) is 5.36. The largest absolute Gasteiger partial charge is 0.496 e. The second-order valence-corrected chi connectivity index (χ2v) is 14.6. The van der Waals surface area contributed by atoms with Crippen molar-refractivity contribution in [3.63, 3.8) is 0 Å². The van der Waals surface area contributed by atoms with E-state index in [0.717, 1.165) is 91.1 Å². The van der Waals surface area contributed by atoms with Crippen LogP contribution in [0, 0.1) is 13.8 Å². The van der Waals surface area contributed by atoms with Crippen LogP contribution in [0.2, 0.25) is 5.02 Å².